The SMILES string of the molecule is Cc1ccc2c(c1)c(=O)n(-c1ccc(Cl)c(Cl)c1)c(=O)n2CC(=O)NCCN1CCCC1. The summed E-state index contributed by atoms with van der Waals surface area (Å²) in [6, 6.07) is 9.78. The number of aryl methyl sites for hydroxylation is 1. The number of rotatable bonds is 6. The summed E-state index contributed by atoms with van der Waals surface area (Å²) in [7, 11) is 0. The van der Waals surface area contributed by atoms with E-state index in [-0.39, 0.29) is 17.5 Å². The summed E-state index contributed by atoms with van der Waals surface area (Å²) in [5, 5.41) is 3.78. The molecule has 4 rings (SSSR count). The summed E-state index contributed by atoms with van der Waals surface area (Å²) in [6.07, 6.45) is 2.37. The van der Waals surface area contributed by atoms with Crippen LogP contribution in [0.3, 0.4) is 0 Å². The minimum absolute atomic E-state index is 0.194. The van der Waals surface area contributed by atoms with Crippen molar-refractivity contribution in [3.05, 3.63) is 72.8 Å². The van der Waals surface area contributed by atoms with Gasteiger partial charge in [-0.15, -0.1) is 0 Å². The topological polar surface area (TPSA) is 76.3 Å². The summed E-state index contributed by atoms with van der Waals surface area (Å²) in [6.45, 7) is 5.06. The van der Waals surface area contributed by atoms with Gasteiger partial charge in [-0.2, -0.15) is 0 Å². The highest BCUT2D eigenvalue weighted by molar-refractivity contribution is 6.42. The van der Waals surface area contributed by atoms with Crippen LogP contribution in [0.4, 0.5) is 0 Å². The normalized spacial score (nSPS) is 14.2. The van der Waals surface area contributed by atoms with Gasteiger partial charge in [-0.3, -0.25) is 14.2 Å². The highest BCUT2D eigenvalue weighted by Crippen LogP contribution is 2.24. The lowest BCUT2D eigenvalue weighted by atomic mass is 10.1. The van der Waals surface area contributed by atoms with E-state index in [1.807, 2.05) is 13.0 Å². The van der Waals surface area contributed by atoms with E-state index in [9.17, 15) is 14.4 Å². The Balaban J connectivity index is 1.72. The van der Waals surface area contributed by atoms with Gasteiger partial charge in [0.25, 0.3) is 5.56 Å². The van der Waals surface area contributed by atoms with Crippen molar-refractivity contribution >= 4 is 40.0 Å². The van der Waals surface area contributed by atoms with Crippen molar-refractivity contribution in [2.75, 3.05) is 26.2 Å². The molecule has 1 aromatic heterocycles. The third-order valence-electron chi connectivity index (χ3n) is 5.71. The van der Waals surface area contributed by atoms with E-state index in [0.29, 0.717) is 28.2 Å². The number of nitrogens with zero attached hydrogens (tertiary/aromatic N) is 3. The number of likely N-dealkylation sites (tertiary alicyclic amines) is 1. The van der Waals surface area contributed by atoms with E-state index in [2.05, 4.69) is 10.2 Å². The summed E-state index contributed by atoms with van der Waals surface area (Å²) < 4.78 is 2.35. The predicted molar refractivity (Wildman–Crippen MR) is 127 cm³/mol. The second-order valence-corrected chi connectivity index (χ2v) is 8.84. The predicted octanol–water partition coefficient (Wildman–Crippen LogP) is 2.98. The van der Waals surface area contributed by atoms with Crippen molar-refractivity contribution in [2.45, 2.75) is 26.3 Å². The van der Waals surface area contributed by atoms with Crippen LogP contribution < -0.4 is 16.6 Å². The first-order valence-corrected chi connectivity index (χ1v) is 11.3. The van der Waals surface area contributed by atoms with Gasteiger partial charge in [-0.25, -0.2) is 9.36 Å². The molecule has 3 aromatic rings. The van der Waals surface area contributed by atoms with Crippen molar-refractivity contribution in [1.82, 2.24) is 19.4 Å². The van der Waals surface area contributed by atoms with Gasteiger partial charge in [-0.05, 0) is 63.2 Å². The summed E-state index contributed by atoms with van der Waals surface area (Å²) in [5.74, 6) is -0.285. The maximum Gasteiger partial charge on any atom is 0.336 e. The number of carbonyl (C=O) groups excluding carboxylic acids is 1. The van der Waals surface area contributed by atoms with Crippen molar-refractivity contribution < 1.29 is 4.79 Å². The molecule has 0 spiro atoms. The quantitative estimate of drug-likeness (QED) is 0.595. The van der Waals surface area contributed by atoms with Crippen LogP contribution in [0.2, 0.25) is 10.0 Å². The maximum absolute atomic E-state index is 13.4. The van der Waals surface area contributed by atoms with Crippen molar-refractivity contribution in [1.29, 1.82) is 0 Å². The number of aromatic nitrogens is 2. The zero-order valence-electron chi connectivity index (χ0n) is 17.7. The Bertz CT molecular complexity index is 1290. The van der Waals surface area contributed by atoms with Gasteiger partial charge in [0.2, 0.25) is 5.91 Å². The summed E-state index contributed by atoms with van der Waals surface area (Å²) in [4.78, 5) is 41.6. The average molecular weight is 475 g/mol. The Kier molecular flexibility index (Phi) is 6.69. The van der Waals surface area contributed by atoms with E-state index in [1.54, 1.807) is 18.2 Å². The number of carbonyl (C=O) groups is 1. The number of amides is 1. The Morgan fingerprint density at radius 2 is 1.78 bits per heavy atom. The second-order valence-electron chi connectivity index (χ2n) is 8.03. The first kappa shape index (κ1) is 22.6. The van der Waals surface area contributed by atoms with Gasteiger partial charge in [0, 0.05) is 13.1 Å². The Hall–Kier alpha value is -2.61. The van der Waals surface area contributed by atoms with E-state index in [1.165, 1.54) is 29.5 Å². The minimum Gasteiger partial charge on any atom is -0.353 e. The van der Waals surface area contributed by atoms with Crippen molar-refractivity contribution in [3.63, 3.8) is 0 Å². The van der Waals surface area contributed by atoms with Gasteiger partial charge in [0.1, 0.15) is 6.54 Å². The first-order valence-electron chi connectivity index (χ1n) is 10.6. The third-order valence-corrected chi connectivity index (χ3v) is 6.45. The van der Waals surface area contributed by atoms with Crippen LogP contribution in [0.25, 0.3) is 16.6 Å². The fourth-order valence-corrected chi connectivity index (χ4v) is 4.34. The number of hydrogen-bond acceptors (Lipinski definition) is 4. The van der Waals surface area contributed by atoms with Crippen LogP contribution >= 0.6 is 23.2 Å². The molecular weight excluding hydrogens is 451 g/mol. The average Bonchev–Trinajstić information content (AvgIpc) is 3.27. The van der Waals surface area contributed by atoms with E-state index >= 15 is 0 Å². The van der Waals surface area contributed by atoms with Crippen LogP contribution in [0.5, 0.6) is 0 Å². The number of nitrogens with one attached hydrogen (secondary N) is 1. The lowest BCUT2D eigenvalue weighted by molar-refractivity contribution is -0.121. The molecule has 168 valence electrons. The van der Waals surface area contributed by atoms with Crippen LogP contribution in [-0.4, -0.2) is 46.1 Å². The standard InChI is InChI=1S/C23H24Cl2N4O3/c1-15-4-7-20-17(12-15)22(31)29(16-5-6-18(24)19(25)13-16)23(32)28(20)14-21(30)26-8-11-27-9-2-3-10-27/h4-7,12-13H,2-3,8-11,14H2,1H3,(H,26,30). The molecule has 1 N–H and O–H groups in total. The van der Waals surface area contributed by atoms with Crippen LogP contribution in [0.15, 0.2) is 46.0 Å². The number of halogens is 2. The van der Waals surface area contributed by atoms with Gasteiger partial charge in [0.05, 0.1) is 26.6 Å². The fourth-order valence-electron chi connectivity index (χ4n) is 4.05. The Morgan fingerprint density at radius 1 is 1.03 bits per heavy atom. The second kappa shape index (κ2) is 9.48. The molecule has 2 aromatic carbocycles. The molecular formula is C23H24Cl2N4O3. The molecule has 1 saturated heterocycles. The van der Waals surface area contributed by atoms with E-state index in [0.717, 1.165) is 29.8 Å². The molecule has 0 aliphatic carbocycles. The lowest BCUT2D eigenvalue weighted by Gasteiger charge is -2.17. The molecule has 0 radical (unpaired) electrons. The van der Waals surface area contributed by atoms with Crippen molar-refractivity contribution in [3.8, 4) is 5.69 Å². The Morgan fingerprint density at radius 3 is 2.50 bits per heavy atom. The summed E-state index contributed by atoms with van der Waals surface area (Å²) >= 11 is 12.1. The van der Waals surface area contributed by atoms with E-state index in [4.69, 9.17) is 23.2 Å². The molecule has 9 heteroatoms. The molecule has 0 atom stereocenters. The monoisotopic (exact) mass is 474 g/mol. The lowest BCUT2D eigenvalue weighted by Crippen LogP contribution is -2.42. The zero-order valence-corrected chi connectivity index (χ0v) is 19.2. The molecule has 7 nitrogen and oxygen atoms in total. The van der Waals surface area contributed by atoms with Crippen LogP contribution in [-0.2, 0) is 11.3 Å². The first-order chi connectivity index (χ1) is 15.3. The van der Waals surface area contributed by atoms with Crippen LogP contribution in [0.1, 0.15) is 18.4 Å². The fraction of sp³-hybridized carbons (Fsp3) is 0.348. The molecule has 0 saturated carbocycles. The summed E-state index contributed by atoms with van der Waals surface area (Å²) in [5.41, 5.74) is 0.491. The molecule has 1 aliphatic heterocycles. The number of fused-ring (bicyclic) bond motifs is 1. The smallest absolute Gasteiger partial charge is 0.336 e. The molecule has 0 bridgehead atoms. The third kappa shape index (κ3) is 4.60. The maximum atomic E-state index is 13.4. The van der Waals surface area contributed by atoms with Gasteiger partial charge >= 0.3 is 5.69 Å². The molecule has 2 heterocycles. The molecule has 32 heavy (non-hydrogen) atoms. The largest absolute Gasteiger partial charge is 0.353 e. The number of benzene rings is 2. The zero-order chi connectivity index (χ0) is 22.8. The van der Waals surface area contributed by atoms with Gasteiger partial charge in [0.15, 0.2) is 0 Å². The molecule has 1 amide bonds. The molecule has 0 unspecified atom stereocenters. The Labute approximate surface area is 195 Å². The van der Waals surface area contributed by atoms with Gasteiger partial charge < -0.3 is 10.2 Å². The van der Waals surface area contributed by atoms with Crippen molar-refractivity contribution in [2.24, 2.45) is 0 Å². The van der Waals surface area contributed by atoms with E-state index < -0.39 is 11.2 Å². The minimum atomic E-state index is -0.612. The van der Waals surface area contributed by atoms with Gasteiger partial charge in [-0.1, -0.05) is 34.8 Å². The highest BCUT2D eigenvalue weighted by atomic mass is 35.5. The number of hydrogen-bond donors (Lipinski definition) is 1. The highest BCUT2D eigenvalue weighted by Gasteiger charge is 2.18. The molecule has 1 aliphatic rings. The van der Waals surface area contributed by atoms with Crippen LogP contribution in [0, 0.1) is 6.92 Å². The molecule has 1 fully saturated rings.